The van der Waals surface area contributed by atoms with Gasteiger partial charge in [-0.05, 0) is 50.5 Å². The molecule has 0 aliphatic carbocycles. The van der Waals surface area contributed by atoms with Crippen LogP contribution in [0.1, 0.15) is 52.6 Å². The van der Waals surface area contributed by atoms with Gasteiger partial charge >= 0.3 is 0 Å². The summed E-state index contributed by atoms with van der Waals surface area (Å²) in [6.07, 6.45) is 5.48. The zero-order valence-electron chi connectivity index (χ0n) is 20.3. The van der Waals surface area contributed by atoms with Gasteiger partial charge in [0, 0.05) is 41.5 Å². The molecule has 0 bridgehead atoms. The zero-order chi connectivity index (χ0) is 25.3. The van der Waals surface area contributed by atoms with E-state index in [1.54, 1.807) is 17.2 Å². The van der Waals surface area contributed by atoms with E-state index in [4.69, 9.17) is 16.3 Å². The van der Waals surface area contributed by atoms with E-state index in [1.165, 1.54) is 12.4 Å². The maximum absolute atomic E-state index is 15.4. The molecule has 2 fully saturated rings. The van der Waals surface area contributed by atoms with Crippen molar-refractivity contribution < 1.29 is 13.9 Å². The SMILES string of the molecule is CCc1ncnc(-c2cc(F)c(C(=O)N3CCC4(CC3)COC4)c(Cl)c2)c1C#Cc1ccc(C)nc1. The minimum Gasteiger partial charge on any atom is -0.380 e. The van der Waals surface area contributed by atoms with Crippen molar-refractivity contribution in [3.63, 3.8) is 0 Å². The van der Waals surface area contributed by atoms with Gasteiger partial charge in [0.05, 0.1) is 40.8 Å². The van der Waals surface area contributed by atoms with Crippen molar-refractivity contribution >= 4 is 17.5 Å². The normalized spacial score (nSPS) is 16.3. The highest BCUT2D eigenvalue weighted by molar-refractivity contribution is 6.34. The van der Waals surface area contributed by atoms with Crippen LogP contribution in [0.4, 0.5) is 4.39 Å². The molecule has 2 aliphatic heterocycles. The fourth-order valence-corrected chi connectivity index (χ4v) is 4.94. The quantitative estimate of drug-likeness (QED) is 0.477. The maximum atomic E-state index is 15.4. The van der Waals surface area contributed by atoms with Crippen molar-refractivity contribution in [3.8, 4) is 23.1 Å². The van der Waals surface area contributed by atoms with Crippen molar-refractivity contribution in [2.75, 3.05) is 26.3 Å². The number of hydrogen-bond donors (Lipinski definition) is 0. The van der Waals surface area contributed by atoms with Crippen LogP contribution >= 0.6 is 11.6 Å². The standard InChI is InChI=1S/C28H26ClFN4O2/c1-3-24-21(7-6-19-5-4-18(2)31-14-19)26(33-17-32-24)20-12-22(29)25(23(30)13-20)27(35)34-10-8-28(9-11-34)15-36-16-28/h4-5,12-14,17H,3,8-11,15-16H2,1-2H3. The number of likely N-dealkylation sites (tertiary alicyclic amines) is 1. The summed E-state index contributed by atoms with van der Waals surface area (Å²) < 4.78 is 20.7. The molecule has 0 atom stereocenters. The van der Waals surface area contributed by atoms with Crippen LogP contribution in [0.15, 0.2) is 36.8 Å². The summed E-state index contributed by atoms with van der Waals surface area (Å²) in [6, 6.07) is 6.68. The van der Waals surface area contributed by atoms with E-state index in [2.05, 4.69) is 26.8 Å². The van der Waals surface area contributed by atoms with E-state index in [-0.39, 0.29) is 21.9 Å². The van der Waals surface area contributed by atoms with Gasteiger partial charge in [0.1, 0.15) is 12.1 Å². The number of nitrogens with zero attached hydrogens (tertiary/aromatic N) is 4. The number of piperidine rings is 1. The van der Waals surface area contributed by atoms with Crippen LogP contribution in [-0.2, 0) is 11.2 Å². The van der Waals surface area contributed by atoms with Gasteiger partial charge in [-0.2, -0.15) is 0 Å². The second-order valence-electron chi connectivity index (χ2n) is 9.44. The van der Waals surface area contributed by atoms with Crippen molar-refractivity contribution in [1.29, 1.82) is 0 Å². The number of amides is 1. The smallest absolute Gasteiger partial charge is 0.258 e. The summed E-state index contributed by atoms with van der Waals surface area (Å²) >= 11 is 6.51. The third kappa shape index (κ3) is 4.71. The van der Waals surface area contributed by atoms with Crippen molar-refractivity contribution in [2.24, 2.45) is 5.41 Å². The topological polar surface area (TPSA) is 68.2 Å². The summed E-state index contributed by atoms with van der Waals surface area (Å²) in [6.45, 7) is 6.50. The summed E-state index contributed by atoms with van der Waals surface area (Å²) in [5, 5.41) is 0.0561. The Hall–Kier alpha value is -3.34. The number of aryl methyl sites for hydroxylation is 2. The first-order chi connectivity index (χ1) is 17.4. The second-order valence-corrected chi connectivity index (χ2v) is 9.84. The number of rotatable bonds is 3. The number of ether oxygens (including phenoxy) is 1. The largest absolute Gasteiger partial charge is 0.380 e. The summed E-state index contributed by atoms with van der Waals surface area (Å²) in [4.78, 5) is 27.9. The molecule has 0 unspecified atom stereocenters. The molecule has 2 aromatic heterocycles. The summed E-state index contributed by atoms with van der Waals surface area (Å²) in [5.74, 6) is 5.19. The van der Waals surface area contributed by atoms with Crippen LogP contribution in [0.5, 0.6) is 0 Å². The molecule has 8 heteroatoms. The molecular weight excluding hydrogens is 479 g/mol. The number of carbonyl (C=O) groups excluding carboxylic acids is 1. The van der Waals surface area contributed by atoms with E-state index in [0.717, 1.165) is 43.0 Å². The molecule has 1 aromatic carbocycles. The average molecular weight is 505 g/mol. The number of pyridine rings is 1. The highest BCUT2D eigenvalue weighted by Crippen LogP contribution is 2.39. The van der Waals surface area contributed by atoms with E-state index in [9.17, 15) is 4.79 Å². The fraction of sp³-hybridized carbons (Fsp3) is 0.357. The second kappa shape index (κ2) is 9.96. The van der Waals surface area contributed by atoms with Gasteiger partial charge in [0.15, 0.2) is 0 Å². The summed E-state index contributed by atoms with van der Waals surface area (Å²) in [7, 11) is 0. The van der Waals surface area contributed by atoms with Gasteiger partial charge in [0.25, 0.3) is 5.91 Å². The maximum Gasteiger partial charge on any atom is 0.258 e. The van der Waals surface area contributed by atoms with E-state index < -0.39 is 5.82 Å². The van der Waals surface area contributed by atoms with E-state index >= 15 is 4.39 Å². The molecule has 0 N–H and O–H groups in total. The first-order valence-electron chi connectivity index (χ1n) is 12.0. The number of hydrogen-bond acceptors (Lipinski definition) is 5. The molecule has 36 heavy (non-hydrogen) atoms. The fourth-order valence-electron chi connectivity index (χ4n) is 4.65. The lowest BCUT2D eigenvalue weighted by atomic mass is 9.77. The molecule has 3 aromatic rings. The molecule has 4 heterocycles. The number of halogens is 2. The average Bonchev–Trinajstić information content (AvgIpc) is 2.86. The molecule has 0 saturated carbocycles. The Balaban J connectivity index is 1.46. The monoisotopic (exact) mass is 504 g/mol. The van der Waals surface area contributed by atoms with Crippen LogP contribution < -0.4 is 0 Å². The molecule has 0 radical (unpaired) electrons. The van der Waals surface area contributed by atoms with Crippen LogP contribution in [-0.4, -0.2) is 52.1 Å². The Kier molecular flexibility index (Phi) is 6.74. The third-order valence-electron chi connectivity index (χ3n) is 6.96. The predicted molar refractivity (Wildman–Crippen MR) is 135 cm³/mol. The third-order valence-corrected chi connectivity index (χ3v) is 7.26. The van der Waals surface area contributed by atoms with Crippen LogP contribution in [0, 0.1) is 30.0 Å². The molecule has 5 rings (SSSR count). The van der Waals surface area contributed by atoms with Gasteiger partial charge in [-0.1, -0.05) is 30.4 Å². The highest BCUT2D eigenvalue weighted by Gasteiger charge is 2.42. The molecular formula is C28H26ClFN4O2. The molecule has 1 amide bonds. The minimum absolute atomic E-state index is 0.0561. The van der Waals surface area contributed by atoms with Crippen LogP contribution in [0.25, 0.3) is 11.3 Å². The Morgan fingerprint density at radius 1 is 1.17 bits per heavy atom. The Bertz CT molecular complexity index is 1340. The van der Waals surface area contributed by atoms with Crippen molar-refractivity contribution in [1.82, 2.24) is 19.9 Å². The van der Waals surface area contributed by atoms with Crippen molar-refractivity contribution in [3.05, 3.63) is 75.7 Å². The molecule has 1 spiro atoms. The Labute approximate surface area is 214 Å². The Morgan fingerprint density at radius 2 is 1.94 bits per heavy atom. The molecule has 184 valence electrons. The van der Waals surface area contributed by atoms with Gasteiger partial charge in [0.2, 0.25) is 0 Å². The lowest BCUT2D eigenvalue weighted by Crippen LogP contribution is -2.52. The first-order valence-corrected chi connectivity index (χ1v) is 12.4. The van der Waals surface area contributed by atoms with Gasteiger partial charge in [-0.15, -0.1) is 0 Å². The lowest BCUT2D eigenvalue weighted by Gasteiger charge is -2.47. The van der Waals surface area contributed by atoms with Crippen LogP contribution in [0.3, 0.4) is 0 Å². The lowest BCUT2D eigenvalue weighted by molar-refractivity contribution is -0.136. The highest BCUT2D eigenvalue weighted by atomic mass is 35.5. The van der Waals surface area contributed by atoms with Gasteiger partial charge in [-0.3, -0.25) is 9.78 Å². The van der Waals surface area contributed by atoms with E-state index in [1.807, 2.05) is 26.0 Å². The molecule has 2 saturated heterocycles. The van der Waals surface area contributed by atoms with E-state index in [0.29, 0.717) is 36.3 Å². The number of aromatic nitrogens is 3. The summed E-state index contributed by atoms with van der Waals surface area (Å²) in [5.41, 5.74) is 3.98. The van der Waals surface area contributed by atoms with Gasteiger partial charge < -0.3 is 9.64 Å². The number of carbonyl (C=O) groups is 1. The zero-order valence-corrected chi connectivity index (χ0v) is 21.0. The Morgan fingerprint density at radius 3 is 2.56 bits per heavy atom. The van der Waals surface area contributed by atoms with Gasteiger partial charge in [-0.25, -0.2) is 14.4 Å². The van der Waals surface area contributed by atoms with Crippen molar-refractivity contribution in [2.45, 2.75) is 33.1 Å². The number of benzene rings is 1. The minimum atomic E-state index is -0.673. The van der Waals surface area contributed by atoms with Crippen LogP contribution in [0.2, 0.25) is 5.02 Å². The molecule has 2 aliphatic rings. The first kappa shape index (κ1) is 24.4. The molecule has 6 nitrogen and oxygen atoms in total. The predicted octanol–water partition coefficient (Wildman–Crippen LogP) is 4.85.